The zero-order chi connectivity index (χ0) is 17.4. The normalized spacial score (nSPS) is 13.3. The predicted octanol–water partition coefficient (Wildman–Crippen LogP) is 3.66. The Morgan fingerprint density at radius 1 is 1.17 bits per heavy atom. The van der Waals surface area contributed by atoms with E-state index in [0.717, 1.165) is 17.5 Å². The molecule has 2 rings (SSSR count). The molecule has 0 aromatic heterocycles. The minimum atomic E-state index is -0.435. The second kappa shape index (κ2) is 9.15. The molecule has 2 aromatic carbocycles. The topological polar surface area (TPSA) is 58.6 Å². The van der Waals surface area contributed by atoms with Gasteiger partial charge in [0.2, 0.25) is 5.91 Å². The first-order valence-electron chi connectivity index (χ1n) is 7.90. The van der Waals surface area contributed by atoms with Crippen molar-refractivity contribution in [1.29, 1.82) is 0 Å². The third-order valence-corrected chi connectivity index (χ3v) is 4.13. The van der Waals surface area contributed by atoms with Gasteiger partial charge in [0, 0.05) is 13.0 Å². The molecule has 2 unspecified atom stereocenters. The summed E-state index contributed by atoms with van der Waals surface area (Å²) in [6.45, 7) is 0. The number of hydrogen-bond acceptors (Lipinski definition) is 3. The molecule has 128 valence electrons. The van der Waals surface area contributed by atoms with Gasteiger partial charge in [0.1, 0.15) is 5.82 Å². The van der Waals surface area contributed by atoms with Crippen molar-refractivity contribution in [2.24, 2.45) is 5.92 Å². The highest BCUT2D eigenvalue weighted by Gasteiger charge is 2.24. The molecule has 0 saturated carbocycles. The molecule has 2 atom stereocenters. The maximum absolute atomic E-state index is 13.1. The van der Waals surface area contributed by atoms with E-state index in [-0.39, 0.29) is 11.9 Å². The number of benzene rings is 2. The smallest absolute Gasteiger partial charge is 0.246 e. The molecule has 1 amide bonds. The number of amides is 1. The Morgan fingerprint density at radius 2 is 1.83 bits per heavy atom. The number of hydroxylamine groups is 1. The minimum absolute atomic E-state index is 0.317. The van der Waals surface area contributed by atoms with E-state index in [2.05, 4.69) is 0 Å². The Labute approximate surface area is 141 Å². The van der Waals surface area contributed by atoms with Crippen LogP contribution >= 0.6 is 0 Å². The van der Waals surface area contributed by atoms with Crippen LogP contribution in [-0.2, 0) is 16.0 Å². The summed E-state index contributed by atoms with van der Waals surface area (Å²) in [6.07, 6.45) is 1.36. The summed E-state index contributed by atoms with van der Waals surface area (Å²) in [5.74, 6) is -1.16. The predicted molar refractivity (Wildman–Crippen MR) is 88.9 cm³/mol. The summed E-state index contributed by atoms with van der Waals surface area (Å²) in [5, 5.41) is 9.01. The Bertz CT molecular complexity index is 631. The number of nitrogens with one attached hydrogen (secondary N) is 1. The maximum atomic E-state index is 13.1. The molecule has 5 heteroatoms. The summed E-state index contributed by atoms with van der Waals surface area (Å²) in [5.41, 5.74) is 3.67. The van der Waals surface area contributed by atoms with Gasteiger partial charge < -0.3 is 4.74 Å². The first-order valence-corrected chi connectivity index (χ1v) is 7.90. The van der Waals surface area contributed by atoms with Crippen molar-refractivity contribution in [3.63, 3.8) is 0 Å². The fourth-order valence-electron chi connectivity index (χ4n) is 2.74. The highest BCUT2D eigenvalue weighted by molar-refractivity contribution is 5.77. The van der Waals surface area contributed by atoms with Gasteiger partial charge in [0.15, 0.2) is 0 Å². The van der Waals surface area contributed by atoms with Crippen molar-refractivity contribution in [2.45, 2.75) is 25.4 Å². The van der Waals surface area contributed by atoms with Gasteiger partial charge in [-0.1, -0.05) is 42.5 Å². The van der Waals surface area contributed by atoms with E-state index in [0.29, 0.717) is 12.8 Å². The average molecular weight is 331 g/mol. The number of hydrogen-bond donors (Lipinski definition) is 2. The van der Waals surface area contributed by atoms with Crippen LogP contribution in [0, 0.1) is 11.7 Å². The fourth-order valence-corrected chi connectivity index (χ4v) is 2.74. The second-order valence-corrected chi connectivity index (χ2v) is 5.71. The van der Waals surface area contributed by atoms with Gasteiger partial charge in [-0.05, 0) is 42.5 Å². The van der Waals surface area contributed by atoms with E-state index in [4.69, 9.17) is 9.94 Å². The van der Waals surface area contributed by atoms with Crippen LogP contribution in [0.5, 0.6) is 0 Å². The van der Waals surface area contributed by atoms with Crippen LogP contribution in [-0.4, -0.2) is 18.2 Å². The average Bonchev–Trinajstić information content (AvgIpc) is 2.63. The van der Waals surface area contributed by atoms with E-state index in [9.17, 15) is 9.18 Å². The third-order valence-electron chi connectivity index (χ3n) is 4.13. The molecule has 0 aliphatic carbocycles. The van der Waals surface area contributed by atoms with E-state index < -0.39 is 11.8 Å². The third kappa shape index (κ3) is 5.15. The van der Waals surface area contributed by atoms with Gasteiger partial charge >= 0.3 is 0 Å². The molecule has 0 radical (unpaired) electrons. The number of ether oxygens (including phenoxy) is 1. The first-order chi connectivity index (χ1) is 11.6. The zero-order valence-electron chi connectivity index (χ0n) is 13.6. The molecule has 0 aliphatic heterocycles. The van der Waals surface area contributed by atoms with Crippen LogP contribution in [0.1, 0.15) is 30.1 Å². The van der Waals surface area contributed by atoms with Crippen molar-refractivity contribution in [3.8, 4) is 0 Å². The quantitative estimate of drug-likeness (QED) is 0.573. The number of carbonyl (C=O) groups excluding carboxylic acids is 1. The lowest BCUT2D eigenvalue weighted by atomic mass is 9.91. The summed E-state index contributed by atoms with van der Waals surface area (Å²) < 4.78 is 18.5. The van der Waals surface area contributed by atoms with Gasteiger partial charge in [0.25, 0.3) is 0 Å². The standard InChI is InChI=1S/C19H22FNO3/c1-24-18(15-9-11-17(20)12-10-15)13-16(19(22)21-23)8-7-14-5-3-2-4-6-14/h2-6,9-12,16,18,23H,7-8,13H2,1H3,(H,21,22). The van der Waals surface area contributed by atoms with Crippen LogP contribution in [0.25, 0.3) is 0 Å². The van der Waals surface area contributed by atoms with Crippen molar-refractivity contribution in [2.75, 3.05) is 7.11 Å². The Balaban J connectivity index is 2.06. The zero-order valence-corrected chi connectivity index (χ0v) is 13.6. The van der Waals surface area contributed by atoms with Gasteiger partial charge in [-0.3, -0.25) is 10.0 Å². The van der Waals surface area contributed by atoms with Gasteiger partial charge in [-0.15, -0.1) is 0 Å². The van der Waals surface area contributed by atoms with E-state index >= 15 is 0 Å². The second-order valence-electron chi connectivity index (χ2n) is 5.71. The minimum Gasteiger partial charge on any atom is -0.377 e. The molecule has 24 heavy (non-hydrogen) atoms. The van der Waals surface area contributed by atoms with Crippen molar-refractivity contribution < 1.29 is 19.1 Å². The number of rotatable bonds is 8. The highest BCUT2D eigenvalue weighted by atomic mass is 19.1. The molecule has 0 saturated heterocycles. The van der Waals surface area contributed by atoms with E-state index in [1.807, 2.05) is 30.3 Å². The van der Waals surface area contributed by atoms with Gasteiger partial charge in [0.05, 0.1) is 6.10 Å². The Hall–Kier alpha value is -2.24. The molecule has 2 aromatic rings. The molecule has 0 fully saturated rings. The summed E-state index contributed by atoms with van der Waals surface area (Å²) in [6, 6.07) is 15.9. The molecular weight excluding hydrogens is 309 g/mol. The summed E-state index contributed by atoms with van der Waals surface area (Å²) in [4.78, 5) is 12.0. The molecular formula is C19H22FNO3. The van der Waals surface area contributed by atoms with Gasteiger partial charge in [-0.25, -0.2) is 9.87 Å². The lowest BCUT2D eigenvalue weighted by Crippen LogP contribution is -2.30. The number of halogens is 1. The molecule has 0 spiro atoms. The summed E-state index contributed by atoms with van der Waals surface area (Å²) >= 11 is 0. The van der Waals surface area contributed by atoms with Crippen molar-refractivity contribution in [1.82, 2.24) is 5.48 Å². The van der Waals surface area contributed by atoms with Crippen LogP contribution < -0.4 is 5.48 Å². The van der Waals surface area contributed by atoms with Crippen LogP contribution in [0.3, 0.4) is 0 Å². The Kier molecular flexibility index (Phi) is 6.90. The molecule has 0 heterocycles. The molecule has 4 nitrogen and oxygen atoms in total. The fraction of sp³-hybridized carbons (Fsp3) is 0.316. The molecule has 2 N–H and O–H groups in total. The number of aryl methyl sites for hydroxylation is 1. The van der Waals surface area contributed by atoms with Crippen molar-refractivity contribution >= 4 is 5.91 Å². The molecule has 0 bridgehead atoms. The first kappa shape index (κ1) is 18.1. The SMILES string of the molecule is COC(CC(CCc1ccccc1)C(=O)NO)c1ccc(F)cc1. The van der Waals surface area contributed by atoms with Crippen LogP contribution in [0.15, 0.2) is 54.6 Å². The van der Waals surface area contributed by atoms with Gasteiger partial charge in [-0.2, -0.15) is 0 Å². The largest absolute Gasteiger partial charge is 0.377 e. The number of methoxy groups -OCH3 is 1. The summed E-state index contributed by atoms with van der Waals surface area (Å²) in [7, 11) is 1.55. The lowest BCUT2D eigenvalue weighted by molar-refractivity contribution is -0.134. The van der Waals surface area contributed by atoms with E-state index in [1.54, 1.807) is 24.7 Å². The monoisotopic (exact) mass is 331 g/mol. The van der Waals surface area contributed by atoms with Crippen LogP contribution in [0.4, 0.5) is 4.39 Å². The highest BCUT2D eigenvalue weighted by Crippen LogP contribution is 2.27. The van der Waals surface area contributed by atoms with Crippen molar-refractivity contribution in [3.05, 3.63) is 71.5 Å². The van der Waals surface area contributed by atoms with E-state index in [1.165, 1.54) is 12.1 Å². The lowest BCUT2D eigenvalue weighted by Gasteiger charge is -2.22. The number of carbonyl (C=O) groups is 1. The van der Waals surface area contributed by atoms with Crippen LogP contribution in [0.2, 0.25) is 0 Å². The molecule has 0 aliphatic rings. The maximum Gasteiger partial charge on any atom is 0.246 e. The Morgan fingerprint density at radius 3 is 2.42 bits per heavy atom.